The van der Waals surface area contributed by atoms with Crippen LogP contribution in [-0.2, 0) is 7.05 Å². The summed E-state index contributed by atoms with van der Waals surface area (Å²) < 4.78 is 30.2. The minimum Gasteiger partial charge on any atom is -0.464 e. The summed E-state index contributed by atoms with van der Waals surface area (Å²) in [6.45, 7) is 2.52. The zero-order chi connectivity index (χ0) is 26.4. The zero-order valence-corrected chi connectivity index (χ0v) is 21.0. The van der Waals surface area contributed by atoms with Gasteiger partial charge < -0.3 is 14.1 Å². The molecule has 1 saturated heterocycles. The van der Waals surface area contributed by atoms with Crippen molar-refractivity contribution in [3.63, 3.8) is 0 Å². The van der Waals surface area contributed by atoms with Crippen molar-refractivity contribution in [2.24, 2.45) is 13.0 Å². The van der Waals surface area contributed by atoms with Crippen LogP contribution in [0, 0.1) is 23.1 Å². The van der Waals surface area contributed by atoms with E-state index in [1.54, 1.807) is 41.1 Å². The number of hydrogen-bond donors (Lipinski definition) is 0. The third-order valence-electron chi connectivity index (χ3n) is 7.12. The van der Waals surface area contributed by atoms with Gasteiger partial charge in [0.1, 0.15) is 5.82 Å². The summed E-state index contributed by atoms with van der Waals surface area (Å²) in [6, 6.07) is 12.2. The molecule has 4 heterocycles. The normalized spacial score (nSPS) is 16.2. The standard InChI is InChI=1S/C28H25FN6O3/c1-33-10-3-4-18(15-33)16-37-27-32-25(19-7-5-17(14-30)6-8-19)24(26-31-9-11-35(26)27)20-12-23-22(13-21(20)29)34(2)28(36)38-23/h5-9,11-13,18H,3-4,10,15-16H2,1-2H3/t18-/m1/s1. The van der Waals surface area contributed by atoms with E-state index in [-0.39, 0.29) is 11.1 Å². The number of ether oxygens (including phenoxy) is 1. The maximum absolute atomic E-state index is 15.7. The second kappa shape index (κ2) is 9.43. The van der Waals surface area contributed by atoms with Gasteiger partial charge in [-0.15, -0.1) is 0 Å². The number of rotatable bonds is 5. The van der Waals surface area contributed by atoms with Crippen molar-refractivity contribution in [2.45, 2.75) is 12.8 Å². The molecular weight excluding hydrogens is 487 g/mol. The van der Waals surface area contributed by atoms with Crippen molar-refractivity contribution in [3.05, 3.63) is 70.7 Å². The van der Waals surface area contributed by atoms with Gasteiger partial charge in [0.15, 0.2) is 11.2 Å². The van der Waals surface area contributed by atoms with Crippen LogP contribution in [0.25, 0.3) is 39.1 Å². The third-order valence-corrected chi connectivity index (χ3v) is 7.12. The Hall–Kier alpha value is -4.49. The van der Waals surface area contributed by atoms with Crippen LogP contribution < -0.4 is 10.5 Å². The summed E-state index contributed by atoms with van der Waals surface area (Å²) in [6.07, 6.45) is 5.54. The first-order valence-corrected chi connectivity index (χ1v) is 12.4. The van der Waals surface area contributed by atoms with Crippen LogP contribution in [0.1, 0.15) is 18.4 Å². The average molecular weight is 513 g/mol. The Morgan fingerprint density at radius 1 is 1.24 bits per heavy atom. The highest BCUT2D eigenvalue weighted by Crippen LogP contribution is 2.38. The number of oxazole rings is 1. The SMILES string of the molecule is CN1CCC[C@@H](COc2nc(-c3ccc(C#N)cc3)c(-c3cc4oc(=O)n(C)c4cc3F)c3nccn23)C1. The molecule has 1 atom stereocenters. The molecular formula is C28H25FN6O3. The first-order valence-electron chi connectivity index (χ1n) is 12.4. The molecule has 1 aliphatic rings. The summed E-state index contributed by atoms with van der Waals surface area (Å²) in [5.41, 5.74) is 3.28. The van der Waals surface area contributed by atoms with Gasteiger partial charge in [-0.2, -0.15) is 10.2 Å². The van der Waals surface area contributed by atoms with Crippen molar-refractivity contribution in [2.75, 3.05) is 26.7 Å². The van der Waals surface area contributed by atoms with Crippen LogP contribution in [0.15, 0.2) is 58.0 Å². The molecule has 38 heavy (non-hydrogen) atoms. The minimum absolute atomic E-state index is 0.190. The lowest BCUT2D eigenvalue weighted by atomic mass is 9.98. The molecule has 192 valence electrons. The highest BCUT2D eigenvalue weighted by molar-refractivity contribution is 5.93. The first kappa shape index (κ1) is 23.9. The predicted molar refractivity (Wildman–Crippen MR) is 139 cm³/mol. The highest BCUT2D eigenvalue weighted by Gasteiger charge is 2.24. The Balaban J connectivity index is 1.54. The van der Waals surface area contributed by atoms with Gasteiger partial charge in [-0.25, -0.2) is 14.2 Å². The average Bonchev–Trinajstić information content (AvgIpc) is 3.52. The monoisotopic (exact) mass is 512 g/mol. The molecule has 1 fully saturated rings. The number of hydrogen-bond acceptors (Lipinski definition) is 7. The van der Waals surface area contributed by atoms with E-state index in [9.17, 15) is 10.1 Å². The van der Waals surface area contributed by atoms with E-state index in [0.717, 1.165) is 25.9 Å². The van der Waals surface area contributed by atoms with Gasteiger partial charge in [-0.1, -0.05) is 12.1 Å². The van der Waals surface area contributed by atoms with E-state index in [1.165, 1.54) is 23.7 Å². The number of aryl methyl sites for hydroxylation is 1. The second-order valence-corrected chi connectivity index (χ2v) is 9.74. The van der Waals surface area contributed by atoms with Crippen molar-refractivity contribution >= 4 is 16.7 Å². The molecule has 0 aliphatic carbocycles. The summed E-state index contributed by atoms with van der Waals surface area (Å²) >= 11 is 0. The predicted octanol–water partition coefficient (Wildman–Crippen LogP) is 4.24. The van der Waals surface area contributed by atoms with Crippen LogP contribution in [0.5, 0.6) is 6.01 Å². The van der Waals surface area contributed by atoms with E-state index in [1.807, 2.05) is 0 Å². The van der Waals surface area contributed by atoms with Crippen LogP contribution in [0.3, 0.4) is 0 Å². The Morgan fingerprint density at radius 3 is 2.82 bits per heavy atom. The molecule has 0 bridgehead atoms. The van der Waals surface area contributed by atoms with Crippen molar-refractivity contribution in [1.82, 2.24) is 23.8 Å². The second-order valence-electron chi connectivity index (χ2n) is 9.74. The number of piperidine rings is 1. The van der Waals surface area contributed by atoms with Gasteiger partial charge in [0.2, 0.25) is 0 Å². The van der Waals surface area contributed by atoms with Gasteiger partial charge in [-0.05, 0) is 44.6 Å². The summed E-state index contributed by atoms with van der Waals surface area (Å²) in [7, 11) is 3.64. The molecule has 0 saturated carbocycles. The minimum atomic E-state index is -0.579. The lowest BCUT2D eigenvalue weighted by Crippen LogP contribution is -2.35. The lowest BCUT2D eigenvalue weighted by Gasteiger charge is -2.29. The molecule has 3 aromatic heterocycles. The van der Waals surface area contributed by atoms with Gasteiger partial charge >= 0.3 is 11.8 Å². The highest BCUT2D eigenvalue weighted by atomic mass is 19.1. The number of likely N-dealkylation sites (tertiary alicyclic amines) is 1. The zero-order valence-electron chi connectivity index (χ0n) is 21.0. The molecule has 0 amide bonds. The summed E-state index contributed by atoms with van der Waals surface area (Å²) in [5.74, 6) is -0.757. The van der Waals surface area contributed by atoms with Crippen LogP contribution in [-0.4, -0.2) is 50.6 Å². The number of halogens is 1. The van der Waals surface area contributed by atoms with E-state index in [2.05, 4.69) is 23.0 Å². The molecule has 0 N–H and O–H groups in total. The van der Waals surface area contributed by atoms with E-state index < -0.39 is 11.6 Å². The first-order chi connectivity index (χ1) is 18.4. The molecule has 0 unspecified atom stereocenters. The van der Waals surface area contributed by atoms with Gasteiger partial charge in [0.25, 0.3) is 0 Å². The molecule has 10 heteroatoms. The van der Waals surface area contributed by atoms with Gasteiger partial charge in [-0.3, -0.25) is 8.97 Å². The van der Waals surface area contributed by atoms with Crippen LogP contribution in [0.4, 0.5) is 4.39 Å². The Bertz CT molecular complexity index is 1760. The van der Waals surface area contributed by atoms with Crippen LogP contribution >= 0.6 is 0 Å². The third kappa shape index (κ3) is 4.11. The molecule has 9 nitrogen and oxygen atoms in total. The molecule has 6 rings (SSSR count). The van der Waals surface area contributed by atoms with E-state index in [0.29, 0.717) is 52.1 Å². The fourth-order valence-electron chi connectivity index (χ4n) is 5.16. The lowest BCUT2D eigenvalue weighted by molar-refractivity contribution is 0.143. The fraction of sp³-hybridized carbons (Fsp3) is 0.286. The number of imidazole rings is 1. The molecule has 1 aliphatic heterocycles. The Morgan fingerprint density at radius 2 is 2.05 bits per heavy atom. The maximum atomic E-state index is 15.7. The van der Waals surface area contributed by atoms with Crippen LogP contribution in [0.2, 0.25) is 0 Å². The Kier molecular flexibility index (Phi) is 5.93. The number of fused-ring (bicyclic) bond motifs is 2. The number of nitrogens with zero attached hydrogens (tertiary/aromatic N) is 6. The van der Waals surface area contributed by atoms with Gasteiger partial charge in [0.05, 0.1) is 35.0 Å². The largest absolute Gasteiger partial charge is 0.464 e. The number of benzene rings is 2. The fourth-order valence-corrected chi connectivity index (χ4v) is 5.16. The number of nitriles is 1. The maximum Gasteiger partial charge on any atom is 0.419 e. The molecule has 5 aromatic rings. The number of aromatic nitrogens is 4. The summed E-state index contributed by atoms with van der Waals surface area (Å²) in [5, 5.41) is 9.27. The Labute approximate surface area is 217 Å². The smallest absolute Gasteiger partial charge is 0.419 e. The molecule has 2 aromatic carbocycles. The van der Waals surface area contributed by atoms with E-state index in [4.69, 9.17) is 14.1 Å². The quantitative estimate of drug-likeness (QED) is 0.347. The van der Waals surface area contributed by atoms with Crippen molar-refractivity contribution in [1.29, 1.82) is 5.26 Å². The van der Waals surface area contributed by atoms with Crippen molar-refractivity contribution < 1.29 is 13.5 Å². The molecule has 0 radical (unpaired) electrons. The summed E-state index contributed by atoms with van der Waals surface area (Å²) in [4.78, 5) is 23.8. The van der Waals surface area contributed by atoms with E-state index >= 15 is 4.39 Å². The topological polar surface area (TPSA) is 102 Å². The van der Waals surface area contributed by atoms with Gasteiger partial charge in [0, 0.05) is 49.1 Å². The van der Waals surface area contributed by atoms with Crippen molar-refractivity contribution in [3.8, 4) is 34.5 Å². The molecule has 0 spiro atoms.